The SMILES string of the molecule is C[C@](C(=O)O)(c1ccccc1)n1cnc([N+](=O)[O-])c1. The van der Waals surface area contributed by atoms with Gasteiger partial charge in [-0.3, -0.25) is 4.57 Å². The topological polar surface area (TPSA) is 98.3 Å². The summed E-state index contributed by atoms with van der Waals surface area (Å²) < 4.78 is 1.23. The first kappa shape index (κ1) is 12.7. The van der Waals surface area contributed by atoms with Crippen LogP contribution < -0.4 is 0 Å². The van der Waals surface area contributed by atoms with Crippen LogP contribution in [0.2, 0.25) is 0 Å². The van der Waals surface area contributed by atoms with Gasteiger partial charge < -0.3 is 15.2 Å². The third-order valence-corrected chi connectivity index (χ3v) is 3.02. The van der Waals surface area contributed by atoms with Crippen LogP contribution in [0.25, 0.3) is 0 Å². The van der Waals surface area contributed by atoms with E-state index >= 15 is 0 Å². The summed E-state index contributed by atoms with van der Waals surface area (Å²) in [4.78, 5) is 25.1. The molecule has 0 amide bonds. The molecule has 7 heteroatoms. The lowest BCUT2D eigenvalue weighted by Gasteiger charge is -2.25. The molecule has 7 nitrogen and oxygen atoms in total. The van der Waals surface area contributed by atoms with Crippen molar-refractivity contribution in [3.63, 3.8) is 0 Å². The molecule has 1 aromatic heterocycles. The Labute approximate surface area is 108 Å². The second-order valence-electron chi connectivity index (χ2n) is 4.14. The third-order valence-electron chi connectivity index (χ3n) is 3.02. The third kappa shape index (κ3) is 2.05. The molecule has 98 valence electrons. The smallest absolute Gasteiger partial charge is 0.381 e. The Morgan fingerprint density at radius 3 is 2.53 bits per heavy atom. The van der Waals surface area contributed by atoms with Crippen LogP contribution >= 0.6 is 0 Å². The predicted octanol–water partition coefficient (Wildman–Crippen LogP) is 1.64. The number of hydrogen-bond acceptors (Lipinski definition) is 4. The van der Waals surface area contributed by atoms with E-state index in [1.165, 1.54) is 11.5 Å². The number of carboxylic acid groups (broad SMARTS) is 1. The van der Waals surface area contributed by atoms with E-state index in [0.717, 1.165) is 12.5 Å². The summed E-state index contributed by atoms with van der Waals surface area (Å²) in [7, 11) is 0. The molecule has 0 fully saturated rings. The maximum Gasteiger partial charge on any atom is 0.381 e. The molecule has 0 radical (unpaired) electrons. The molecular weight excluding hydrogens is 250 g/mol. The molecule has 1 atom stereocenters. The molecule has 1 N–H and O–H groups in total. The lowest BCUT2D eigenvalue weighted by molar-refractivity contribution is -0.389. The van der Waals surface area contributed by atoms with Crippen molar-refractivity contribution in [2.75, 3.05) is 0 Å². The summed E-state index contributed by atoms with van der Waals surface area (Å²) in [6, 6.07) is 8.49. The molecule has 0 unspecified atom stereocenters. The minimum Gasteiger partial charge on any atom is -0.479 e. The summed E-state index contributed by atoms with van der Waals surface area (Å²) in [5.74, 6) is -1.51. The Morgan fingerprint density at radius 1 is 1.42 bits per heavy atom. The van der Waals surface area contributed by atoms with Crippen LogP contribution in [-0.4, -0.2) is 25.6 Å². The fourth-order valence-corrected chi connectivity index (χ4v) is 1.80. The van der Waals surface area contributed by atoms with Crippen LogP contribution in [0.3, 0.4) is 0 Å². The van der Waals surface area contributed by atoms with Crippen molar-refractivity contribution in [1.29, 1.82) is 0 Å². The minimum atomic E-state index is -1.44. The van der Waals surface area contributed by atoms with Gasteiger partial charge in [0.25, 0.3) is 0 Å². The van der Waals surface area contributed by atoms with Crippen LogP contribution in [0.1, 0.15) is 12.5 Å². The number of aliphatic carboxylic acids is 1. The Kier molecular flexibility index (Phi) is 3.04. The zero-order chi connectivity index (χ0) is 14.0. The highest BCUT2D eigenvalue weighted by Crippen LogP contribution is 2.27. The number of carboxylic acids is 1. The Bertz CT molecular complexity index is 623. The van der Waals surface area contributed by atoms with Gasteiger partial charge in [0.2, 0.25) is 6.33 Å². The molecule has 2 rings (SSSR count). The van der Waals surface area contributed by atoms with E-state index in [1.807, 2.05) is 0 Å². The summed E-state index contributed by atoms with van der Waals surface area (Å²) in [6.45, 7) is 1.47. The summed E-state index contributed by atoms with van der Waals surface area (Å²) in [6.07, 6.45) is 2.26. The van der Waals surface area contributed by atoms with Crippen LogP contribution in [0.5, 0.6) is 0 Å². The standard InChI is InChI=1S/C12H11N3O4/c1-12(11(16)17,9-5-3-2-4-6-9)14-7-10(13-8-14)15(18)19/h2-8H,1H3,(H,16,17)/t12-/m1/s1. The van der Waals surface area contributed by atoms with Gasteiger partial charge in [-0.25, -0.2) is 4.79 Å². The van der Waals surface area contributed by atoms with Crippen molar-refractivity contribution in [2.24, 2.45) is 0 Å². The highest BCUT2D eigenvalue weighted by Gasteiger charge is 2.38. The fourth-order valence-electron chi connectivity index (χ4n) is 1.80. The number of carbonyl (C=O) groups is 1. The fraction of sp³-hybridized carbons (Fsp3) is 0.167. The van der Waals surface area contributed by atoms with E-state index < -0.39 is 16.4 Å². The van der Waals surface area contributed by atoms with Crippen molar-refractivity contribution >= 4 is 11.8 Å². The molecule has 0 aliphatic heterocycles. The summed E-state index contributed by atoms with van der Waals surface area (Å²) in [5, 5.41) is 20.1. The number of aromatic nitrogens is 2. The van der Waals surface area contributed by atoms with Crippen molar-refractivity contribution < 1.29 is 14.8 Å². The molecule has 19 heavy (non-hydrogen) atoms. The molecule has 0 saturated heterocycles. The second-order valence-corrected chi connectivity index (χ2v) is 4.14. The van der Waals surface area contributed by atoms with Crippen molar-refractivity contribution in [3.8, 4) is 0 Å². The average Bonchev–Trinajstić information content (AvgIpc) is 2.88. The molecule has 1 aromatic carbocycles. The van der Waals surface area contributed by atoms with Gasteiger partial charge in [-0.1, -0.05) is 30.3 Å². The largest absolute Gasteiger partial charge is 0.479 e. The molecule has 2 aromatic rings. The lowest BCUT2D eigenvalue weighted by atomic mass is 9.92. The zero-order valence-corrected chi connectivity index (χ0v) is 10.1. The maximum absolute atomic E-state index is 11.6. The first-order valence-electron chi connectivity index (χ1n) is 5.44. The van der Waals surface area contributed by atoms with Gasteiger partial charge in [-0.2, -0.15) is 0 Å². The second kappa shape index (κ2) is 4.52. The number of nitrogens with zero attached hydrogens (tertiary/aromatic N) is 3. The molecule has 1 heterocycles. The average molecular weight is 261 g/mol. The molecular formula is C12H11N3O4. The van der Waals surface area contributed by atoms with Crippen molar-refractivity contribution in [1.82, 2.24) is 9.55 Å². The number of nitro groups is 1. The minimum absolute atomic E-state index is 0.386. The van der Waals surface area contributed by atoms with Crippen LogP contribution in [0.4, 0.5) is 5.82 Å². The van der Waals surface area contributed by atoms with Gasteiger partial charge >= 0.3 is 11.8 Å². The zero-order valence-electron chi connectivity index (χ0n) is 10.1. The molecule has 0 aliphatic rings. The van der Waals surface area contributed by atoms with Crippen LogP contribution in [-0.2, 0) is 10.3 Å². The highest BCUT2D eigenvalue weighted by atomic mass is 16.6. The van der Waals surface area contributed by atoms with Gasteiger partial charge in [-0.05, 0) is 22.4 Å². The first-order chi connectivity index (χ1) is 8.96. The Balaban J connectivity index is 2.56. The predicted molar refractivity (Wildman–Crippen MR) is 65.7 cm³/mol. The summed E-state index contributed by atoms with van der Waals surface area (Å²) >= 11 is 0. The van der Waals surface area contributed by atoms with Crippen molar-refractivity contribution in [3.05, 3.63) is 58.5 Å². The van der Waals surface area contributed by atoms with Gasteiger partial charge in [0.15, 0.2) is 5.54 Å². The van der Waals surface area contributed by atoms with E-state index in [-0.39, 0.29) is 5.82 Å². The van der Waals surface area contributed by atoms with Gasteiger partial charge in [0.1, 0.15) is 6.20 Å². The van der Waals surface area contributed by atoms with E-state index in [9.17, 15) is 20.0 Å². The van der Waals surface area contributed by atoms with Gasteiger partial charge in [-0.15, -0.1) is 0 Å². The molecule has 0 saturated carbocycles. The lowest BCUT2D eigenvalue weighted by Crippen LogP contribution is -2.39. The highest BCUT2D eigenvalue weighted by molar-refractivity contribution is 5.80. The monoisotopic (exact) mass is 261 g/mol. The number of benzene rings is 1. The number of rotatable bonds is 4. The molecule has 0 spiro atoms. The first-order valence-corrected chi connectivity index (χ1v) is 5.44. The van der Waals surface area contributed by atoms with E-state index in [0.29, 0.717) is 5.56 Å². The van der Waals surface area contributed by atoms with Crippen LogP contribution in [0.15, 0.2) is 42.9 Å². The Hall–Kier alpha value is -2.70. The molecule has 0 aliphatic carbocycles. The Morgan fingerprint density at radius 2 is 2.05 bits per heavy atom. The normalized spacial score (nSPS) is 13.7. The van der Waals surface area contributed by atoms with Gasteiger partial charge in [0.05, 0.1) is 0 Å². The van der Waals surface area contributed by atoms with E-state index in [4.69, 9.17) is 0 Å². The van der Waals surface area contributed by atoms with E-state index in [2.05, 4.69) is 4.98 Å². The summed E-state index contributed by atoms with van der Waals surface area (Å²) in [5.41, 5.74) is -0.933. The maximum atomic E-state index is 11.6. The van der Waals surface area contributed by atoms with Crippen LogP contribution in [0, 0.1) is 10.1 Å². The van der Waals surface area contributed by atoms with E-state index in [1.54, 1.807) is 30.3 Å². The van der Waals surface area contributed by atoms with Gasteiger partial charge in [0, 0.05) is 0 Å². The quantitative estimate of drug-likeness (QED) is 0.666. The molecule has 0 bridgehead atoms. The number of hydrogen-bond donors (Lipinski definition) is 1. The number of imidazole rings is 1. The van der Waals surface area contributed by atoms with Crippen molar-refractivity contribution in [2.45, 2.75) is 12.5 Å².